The summed E-state index contributed by atoms with van der Waals surface area (Å²) in [7, 11) is 3.53. The van der Waals surface area contributed by atoms with Gasteiger partial charge in [0.25, 0.3) is 5.91 Å². The fraction of sp³-hybridized carbons (Fsp3) is 0.238. The van der Waals surface area contributed by atoms with Crippen LogP contribution in [0.1, 0.15) is 12.5 Å². The molecule has 0 radical (unpaired) electrons. The molecular formula is C21H22ClN3O3S. The number of carbonyl (C=O) groups excluding carboxylic acids is 1. The van der Waals surface area contributed by atoms with Crippen LogP contribution in [0.4, 0.5) is 5.69 Å². The van der Waals surface area contributed by atoms with Gasteiger partial charge in [0.05, 0.1) is 19.4 Å². The summed E-state index contributed by atoms with van der Waals surface area (Å²) >= 11 is 7.59. The van der Waals surface area contributed by atoms with Crippen LogP contribution in [0.25, 0.3) is 0 Å². The Kier molecular flexibility index (Phi) is 7.19. The molecule has 1 unspecified atom stereocenters. The summed E-state index contributed by atoms with van der Waals surface area (Å²) in [6.45, 7) is 2.02. The molecule has 152 valence electrons. The fourth-order valence-electron chi connectivity index (χ4n) is 2.53. The van der Waals surface area contributed by atoms with Gasteiger partial charge >= 0.3 is 0 Å². The Morgan fingerprint density at radius 2 is 2.14 bits per heavy atom. The topological polar surface area (TPSA) is 65.4 Å². The summed E-state index contributed by atoms with van der Waals surface area (Å²) < 4.78 is 12.8. The molecular weight excluding hydrogens is 410 g/mol. The number of benzene rings is 2. The molecule has 0 aliphatic heterocycles. The predicted molar refractivity (Wildman–Crippen MR) is 115 cm³/mol. The normalized spacial score (nSPS) is 11.9. The van der Waals surface area contributed by atoms with Crippen molar-refractivity contribution in [3.05, 3.63) is 65.4 Å². The molecule has 0 aliphatic rings. The number of ether oxygens (including phenoxy) is 2. The summed E-state index contributed by atoms with van der Waals surface area (Å²) in [5.74, 6) is 0.495. The van der Waals surface area contributed by atoms with Gasteiger partial charge in [-0.25, -0.2) is 4.98 Å². The van der Waals surface area contributed by atoms with Gasteiger partial charge < -0.3 is 19.4 Å². The number of aryl methyl sites for hydroxylation is 1. The van der Waals surface area contributed by atoms with Crippen molar-refractivity contribution in [1.29, 1.82) is 0 Å². The van der Waals surface area contributed by atoms with Crippen molar-refractivity contribution in [3.8, 4) is 5.75 Å². The Bertz CT molecular complexity index is 993. The van der Waals surface area contributed by atoms with Gasteiger partial charge in [0, 0.05) is 29.4 Å². The lowest BCUT2D eigenvalue weighted by Crippen LogP contribution is -2.27. The molecule has 0 fully saturated rings. The monoisotopic (exact) mass is 431 g/mol. The van der Waals surface area contributed by atoms with Gasteiger partial charge in [-0.3, -0.25) is 4.79 Å². The van der Waals surface area contributed by atoms with Crippen LogP contribution >= 0.6 is 23.4 Å². The first kappa shape index (κ1) is 21.2. The first-order valence-corrected chi connectivity index (χ1v) is 10.2. The molecule has 0 bridgehead atoms. The van der Waals surface area contributed by atoms with E-state index in [4.69, 9.17) is 21.1 Å². The van der Waals surface area contributed by atoms with E-state index in [0.717, 1.165) is 21.4 Å². The highest BCUT2D eigenvalue weighted by Gasteiger charge is 2.17. The van der Waals surface area contributed by atoms with E-state index in [0.29, 0.717) is 17.3 Å². The molecule has 1 N–H and O–H groups in total. The maximum atomic E-state index is 12.7. The average Bonchev–Trinajstić information content (AvgIpc) is 3.12. The smallest absolute Gasteiger partial charge is 0.253 e. The van der Waals surface area contributed by atoms with E-state index in [1.54, 1.807) is 32.4 Å². The van der Waals surface area contributed by atoms with Gasteiger partial charge in [0.1, 0.15) is 11.9 Å². The van der Waals surface area contributed by atoms with Crippen molar-refractivity contribution in [2.24, 2.45) is 7.05 Å². The van der Waals surface area contributed by atoms with Crippen molar-refractivity contribution in [3.63, 3.8) is 0 Å². The van der Waals surface area contributed by atoms with Crippen LogP contribution in [0.15, 0.2) is 64.9 Å². The van der Waals surface area contributed by atoms with Crippen molar-refractivity contribution >= 4 is 35.0 Å². The third-order valence-corrected chi connectivity index (χ3v) is 5.57. The lowest BCUT2D eigenvalue weighted by Gasteiger charge is -2.16. The number of imidazole rings is 1. The van der Waals surface area contributed by atoms with Gasteiger partial charge in [-0.1, -0.05) is 23.7 Å². The number of hydrogen-bond acceptors (Lipinski definition) is 5. The average molecular weight is 432 g/mol. The molecule has 1 amide bonds. The molecule has 6 nitrogen and oxygen atoms in total. The van der Waals surface area contributed by atoms with Crippen LogP contribution in [-0.2, 0) is 23.2 Å². The van der Waals surface area contributed by atoms with Gasteiger partial charge in [-0.2, -0.15) is 0 Å². The molecule has 0 saturated carbocycles. The Morgan fingerprint density at radius 3 is 2.86 bits per heavy atom. The standard InChI is InChI=1S/C21H22ClN3O3S/c1-14(28-13-15-5-4-6-17(11-15)27-3)20(26)24-18-12-16(22)7-8-19(18)29-21-23-9-10-25(21)2/h4-12,14H,13H2,1-3H3,(H,24,26). The predicted octanol–water partition coefficient (Wildman–Crippen LogP) is 4.78. The minimum absolute atomic E-state index is 0.253. The Labute approximate surface area is 179 Å². The Balaban J connectivity index is 1.66. The summed E-state index contributed by atoms with van der Waals surface area (Å²) in [5.41, 5.74) is 1.55. The molecule has 2 aromatic carbocycles. The number of aromatic nitrogens is 2. The number of halogens is 1. The largest absolute Gasteiger partial charge is 0.497 e. The third kappa shape index (κ3) is 5.76. The number of carbonyl (C=O) groups is 1. The number of nitrogens with one attached hydrogen (secondary N) is 1. The molecule has 8 heteroatoms. The van der Waals surface area contributed by atoms with Crippen LogP contribution in [0.2, 0.25) is 5.02 Å². The van der Waals surface area contributed by atoms with Gasteiger partial charge in [-0.05, 0) is 54.6 Å². The SMILES string of the molecule is COc1cccc(COC(C)C(=O)Nc2cc(Cl)ccc2Sc2nccn2C)c1. The van der Waals surface area contributed by atoms with E-state index in [1.165, 1.54) is 11.8 Å². The van der Waals surface area contributed by atoms with E-state index in [1.807, 2.05) is 48.1 Å². The maximum Gasteiger partial charge on any atom is 0.253 e. The molecule has 1 heterocycles. The first-order chi connectivity index (χ1) is 14.0. The summed E-state index contributed by atoms with van der Waals surface area (Å²) in [4.78, 5) is 17.8. The lowest BCUT2D eigenvalue weighted by atomic mass is 10.2. The molecule has 0 saturated heterocycles. The zero-order chi connectivity index (χ0) is 20.8. The van der Waals surface area contributed by atoms with Crippen LogP contribution in [0.3, 0.4) is 0 Å². The summed E-state index contributed by atoms with van der Waals surface area (Å²) in [6.07, 6.45) is 2.95. The van der Waals surface area contributed by atoms with Crippen molar-refractivity contribution in [2.45, 2.75) is 29.7 Å². The molecule has 29 heavy (non-hydrogen) atoms. The van der Waals surface area contributed by atoms with E-state index in [-0.39, 0.29) is 5.91 Å². The van der Waals surface area contributed by atoms with Crippen molar-refractivity contribution in [1.82, 2.24) is 9.55 Å². The number of amides is 1. The second kappa shape index (κ2) is 9.82. The van der Waals surface area contributed by atoms with E-state index in [9.17, 15) is 4.79 Å². The Morgan fingerprint density at radius 1 is 1.31 bits per heavy atom. The molecule has 1 aromatic heterocycles. The molecule has 1 atom stereocenters. The lowest BCUT2D eigenvalue weighted by molar-refractivity contribution is -0.127. The highest BCUT2D eigenvalue weighted by atomic mass is 35.5. The van der Waals surface area contributed by atoms with Gasteiger partial charge in [-0.15, -0.1) is 0 Å². The molecule has 3 aromatic rings. The van der Waals surface area contributed by atoms with E-state index < -0.39 is 6.10 Å². The first-order valence-electron chi connectivity index (χ1n) is 8.96. The van der Waals surface area contributed by atoms with Crippen LogP contribution in [-0.4, -0.2) is 28.7 Å². The number of methoxy groups -OCH3 is 1. The minimum atomic E-state index is -0.647. The van der Waals surface area contributed by atoms with Crippen molar-refractivity contribution < 1.29 is 14.3 Å². The zero-order valence-electron chi connectivity index (χ0n) is 16.4. The summed E-state index contributed by atoms with van der Waals surface area (Å²) in [5, 5.41) is 4.26. The molecule has 0 aliphatic carbocycles. The maximum absolute atomic E-state index is 12.7. The fourth-order valence-corrected chi connectivity index (χ4v) is 3.57. The van der Waals surface area contributed by atoms with Gasteiger partial charge in [0.2, 0.25) is 0 Å². The number of rotatable bonds is 8. The van der Waals surface area contributed by atoms with Crippen LogP contribution in [0.5, 0.6) is 5.75 Å². The highest BCUT2D eigenvalue weighted by Crippen LogP contribution is 2.34. The number of anilines is 1. The highest BCUT2D eigenvalue weighted by molar-refractivity contribution is 7.99. The number of hydrogen-bond donors (Lipinski definition) is 1. The number of nitrogens with zero attached hydrogens (tertiary/aromatic N) is 2. The van der Waals surface area contributed by atoms with Crippen LogP contribution in [0, 0.1) is 0 Å². The molecule has 3 rings (SSSR count). The minimum Gasteiger partial charge on any atom is -0.497 e. The van der Waals surface area contributed by atoms with E-state index in [2.05, 4.69) is 10.3 Å². The second-order valence-electron chi connectivity index (χ2n) is 6.36. The summed E-state index contributed by atoms with van der Waals surface area (Å²) in [6, 6.07) is 12.9. The zero-order valence-corrected chi connectivity index (χ0v) is 18.0. The van der Waals surface area contributed by atoms with Gasteiger partial charge in [0.15, 0.2) is 5.16 Å². The molecule has 0 spiro atoms. The Hall–Kier alpha value is -2.48. The quantitative estimate of drug-likeness (QED) is 0.556. The van der Waals surface area contributed by atoms with E-state index >= 15 is 0 Å². The van der Waals surface area contributed by atoms with Crippen molar-refractivity contribution in [2.75, 3.05) is 12.4 Å². The second-order valence-corrected chi connectivity index (χ2v) is 7.80. The van der Waals surface area contributed by atoms with Crippen LogP contribution < -0.4 is 10.1 Å². The third-order valence-electron chi connectivity index (χ3n) is 4.18.